The summed E-state index contributed by atoms with van der Waals surface area (Å²) in [5.41, 5.74) is 2.51. The topological polar surface area (TPSA) is 109 Å². The van der Waals surface area contributed by atoms with Crippen molar-refractivity contribution in [3.63, 3.8) is 0 Å². The Hall–Kier alpha value is -4.37. The number of rotatable bonds is 4. The lowest BCUT2D eigenvalue weighted by atomic mass is 9.94. The van der Waals surface area contributed by atoms with Gasteiger partial charge >= 0.3 is 5.91 Å². The van der Waals surface area contributed by atoms with E-state index in [0.717, 1.165) is 16.0 Å². The van der Waals surface area contributed by atoms with Gasteiger partial charge in [0.05, 0.1) is 28.9 Å². The van der Waals surface area contributed by atoms with Crippen LogP contribution in [0.4, 0.5) is 5.13 Å². The molecule has 4 aromatic rings. The number of hydrogen-bond acceptors (Lipinski definition) is 8. The van der Waals surface area contributed by atoms with E-state index < -0.39 is 17.7 Å². The van der Waals surface area contributed by atoms with E-state index in [4.69, 9.17) is 9.47 Å². The zero-order valence-corrected chi connectivity index (χ0v) is 20.8. The van der Waals surface area contributed by atoms with E-state index in [1.165, 1.54) is 28.4 Å². The summed E-state index contributed by atoms with van der Waals surface area (Å²) in [6.07, 6.45) is 0.703. The minimum atomic E-state index is -0.938. The van der Waals surface area contributed by atoms with E-state index in [1.807, 2.05) is 13.0 Å². The maximum absolute atomic E-state index is 13.4. The highest BCUT2D eigenvalue weighted by atomic mass is 32.1. The summed E-state index contributed by atoms with van der Waals surface area (Å²) in [6, 6.07) is 15.9. The first-order chi connectivity index (χ1) is 17.8. The van der Waals surface area contributed by atoms with Crippen LogP contribution in [0.5, 0.6) is 17.2 Å². The SMILES string of the molecule is COc1ccc2nc(N3C(=O)C(=O)/C(=C(/O)c4ccc5c(c4)C[C@H](C)O5)[C@@H]3c3ccc(O)cc3)sc2c1. The Bertz CT molecular complexity index is 1610. The molecule has 3 aromatic carbocycles. The number of ketones is 1. The molecule has 1 saturated heterocycles. The predicted molar refractivity (Wildman–Crippen MR) is 139 cm³/mol. The molecule has 2 aliphatic rings. The second-order valence-corrected chi connectivity index (χ2v) is 10.1. The van der Waals surface area contributed by atoms with Gasteiger partial charge in [-0.1, -0.05) is 23.5 Å². The van der Waals surface area contributed by atoms with E-state index in [0.29, 0.717) is 33.9 Å². The van der Waals surface area contributed by atoms with Gasteiger partial charge in [0, 0.05) is 12.0 Å². The van der Waals surface area contributed by atoms with Gasteiger partial charge in [-0.05, 0) is 66.6 Å². The van der Waals surface area contributed by atoms with E-state index >= 15 is 0 Å². The molecule has 8 nitrogen and oxygen atoms in total. The summed E-state index contributed by atoms with van der Waals surface area (Å²) >= 11 is 1.25. The quantitative estimate of drug-likeness (QED) is 0.225. The van der Waals surface area contributed by atoms with Crippen molar-refractivity contribution in [3.8, 4) is 17.2 Å². The Balaban J connectivity index is 1.52. The Labute approximate surface area is 216 Å². The molecule has 0 radical (unpaired) electrons. The summed E-state index contributed by atoms with van der Waals surface area (Å²) in [6.45, 7) is 1.96. The number of aliphatic hydroxyl groups is 1. The number of methoxy groups -OCH3 is 1. The summed E-state index contributed by atoms with van der Waals surface area (Å²) in [5.74, 6) is -0.440. The molecule has 2 N–H and O–H groups in total. The zero-order chi connectivity index (χ0) is 25.8. The number of anilines is 1. The molecule has 37 heavy (non-hydrogen) atoms. The summed E-state index contributed by atoms with van der Waals surface area (Å²) in [4.78, 5) is 32.8. The number of phenolic OH excluding ortho intramolecular Hbond substituents is 1. The molecule has 2 atom stereocenters. The highest BCUT2D eigenvalue weighted by Crippen LogP contribution is 2.45. The maximum atomic E-state index is 13.4. The number of ether oxygens (including phenoxy) is 2. The Kier molecular flexibility index (Phi) is 5.38. The minimum absolute atomic E-state index is 0.0210. The van der Waals surface area contributed by atoms with Crippen LogP contribution in [0.15, 0.2) is 66.2 Å². The fraction of sp³-hybridized carbons (Fsp3) is 0.179. The highest BCUT2D eigenvalue weighted by Gasteiger charge is 2.48. The molecule has 1 amide bonds. The molecule has 0 unspecified atom stereocenters. The predicted octanol–water partition coefficient (Wildman–Crippen LogP) is 4.96. The van der Waals surface area contributed by atoms with Gasteiger partial charge in [-0.25, -0.2) is 4.98 Å². The van der Waals surface area contributed by atoms with Crippen molar-refractivity contribution in [2.75, 3.05) is 12.0 Å². The fourth-order valence-corrected chi connectivity index (χ4v) is 5.87. The van der Waals surface area contributed by atoms with Gasteiger partial charge in [0.2, 0.25) is 0 Å². The largest absolute Gasteiger partial charge is 0.508 e. The molecule has 9 heteroatoms. The van der Waals surface area contributed by atoms with Gasteiger partial charge in [-0.3, -0.25) is 14.5 Å². The number of carbonyl (C=O) groups is 2. The Morgan fingerprint density at radius 1 is 1.11 bits per heavy atom. The van der Waals surface area contributed by atoms with Gasteiger partial charge in [-0.2, -0.15) is 0 Å². The van der Waals surface area contributed by atoms with Crippen molar-refractivity contribution in [2.24, 2.45) is 0 Å². The lowest BCUT2D eigenvalue weighted by molar-refractivity contribution is -0.132. The molecule has 2 aliphatic heterocycles. The number of aromatic nitrogens is 1. The van der Waals surface area contributed by atoms with Crippen LogP contribution < -0.4 is 14.4 Å². The molecule has 1 fully saturated rings. The number of benzene rings is 3. The third-order valence-electron chi connectivity index (χ3n) is 6.61. The van der Waals surface area contributed by atoms with Crippen molar-refractivity contribution < 1.29 is 29.3 Å². The monoisotopic (exact) mass is 514 g/mol. The van der Waals surface area contributed by atoms with Crippen molar-refractivity contribution in [1.29, 1.82) is 0 Å². The number of carbonyl (C=O) groups excluding carboxylic acids is 2. The maximum Gasteiger partial charge on any atom is 0.301 e. The average Bonchev–Trinajstić information content (AvgIpc) is 3.55. The van der Waals surface area contributed by atoms with Crippen LogP contribution in [-0.4, -0.2) is 40.1 Å². The summed E-state index contributed by atoms with van der Waals surface area (Å²) in [5, 5.41) is 21.6. The fourth-order valence-electron chi connectivity index (χ4n) is 4.85. The number of aromatic hydroxyl groups is 1. The first-order valence-electron chi connectivity index (χ1n) is 11.7. The standard InChI is InChI=1S/C28H22N2O6S/c1-14-11-17-12-16(5-10-21(17)36-14)25(32)23-24(15-3-6-18(31)7-4-15)30(27(34)26(23)33)28-29-20-9-8-19(35-2)13-22(20)37-28/h3-10,12-14,24,31-32H,11H2,1-2H3/b25-23+/t14-,24-/m0/s1. The number of Topliss-reactive ketones (excluding diaryl/α,β-unsaturated/α-hetero) is 1. The van der Waals surface area contributed by atoms with Crippen molar-refractivity contribution in [2.45, 2.75) is 25.5 Å². The van der Waals surface area contributed by atoms with E-state index in [-0.39, 0.29) is 23.2 Å². The number of hydrogen-bond donors (Lipinski definition) is 2. The third kappa shape index (κ3) is 3.79. The van der Waals surface area contributed by atoms with Gasteiger partial charge in [-0.15, -0.1) is 0 Å². The number of aliphatic hydroxyl groups excluding tert-OH is 1. The molecular weight excluding hydrogens is 492 g/mol. The molecule has 0 spiro atoms. The average molecular weight is 515 g/mol. The van der Waals surface area contributed by atoms with Crippen molar-refractivity contribution in [1.82, 2.24) is 4.98 Å². The van der Waals surface area contributed by atoms with Crippen LogP contribution in [0.2, 0.25) is 0 Å². The molecule has 1 aromatic heterocycles. The molecule has 3 heterocycles. The van der Waals surface area contributed by atoms with Crippen LogP contribution in [-0.2, 0) is 16.0 Å². The van der Waals surface area contributed by atoms with Crippen molar-refractivity contribution >= 4 is 44.1 Å². The van der Waals surface area contributed by atoms with E-state index in [9.17, 15) is 19.8 Å². The van der Waals surface area contributed by atoms with Gasteiger partial charge in [0.25, 0.3) is 5.78 Å². The van der Waals surface area contributed by atoms with Gasteiger partial charge in [0.1, 0.15) is 29.1 Å². The van der Waals surface area contributed by atoms with Crippen LogP contribution >= 0.6 is 11.3 Å². The lowest BCUT2D eigenvalue weighted by Gasteiger charge is -2.23. The van der Waals surface area contributed by atoms with Gasteiger partial charge in [0.15, 0.2) is 5.13 Å². The zero-order valence-electron chi connectivity index (χ0n) is 20.0. The summed E-state index contributed by atoms with van der Waals surface area (Å²) < 4.78 is 11.8. The Morgan fingerprint density at radius 3 is 2.65 bits per heavy atom. The minimum Gasteiger partial charge on any atom is -0.508 e. The molecule has 0 aliphatic carbocycles. The first kappa shape index (κ1) is 23.1. The molecule has 0 saturated carbocycles. The molecule has 0 bridgehead atoms. The van der Waals surface area contributed by atoms with Gasteiger partial charge < -0.3 is 19.7 Å². The van der Waals surface area contributed by atoms with E-state index in [2.05, 4.69) is 4.98 Å². The number of nitrogens with zero attached hydrogens (tertiary/aromatic N) is 2. The summed E-state index contributed by atoms with van der Waals surface area (Å²) in [7, 11) is 1.57. The normalized spacial score (nSPS) is 20.3. The van der Waals surface area contributed by atoms with Crippen molar-refractivity contribution in [3.05, 3.63) is 82.9 Å². The molecular formula is C28H22N2O6S. The van der Waals surface area contributed by atoms with Crippen LogP contribution in [0.1, 0.15) is 29.7 Å². The lowest BCUT2D eigenvalue weighted by Crippen LogP contribution is -2.29. The smallest absolute Gasteiger partial charge is 0.301 e. The molecule has 6 rings (SSSR count). The second kappa shape index (κ2) is 8.63. The molecule has 186 valence electrons. The number of amides is 1. The Morgan fingerprint density at radius 2 is 1.89 bits per heavy atom. The third-order valence-corrected chi connectivity index (χ3v) is 7.63. The van der Waals surface area contributed by atoms with Crippen LogP contribution in [0, 0.1) is 0 Å². The number of phenols is 1. The van der Waals surface area contributed by atoms with Crippen LogP contribution in [0.25, 0.3) is 16.0 Å². The number of fused-ring (bicyclic) bond motifs is 2. The van der Waals surface area contributed by atoms with E-state index in [1.54, 1.807) is 49.6 Å². The highest BCUT2D eigenvalue weighted by molar-refractivity contribution is 7.22. The first-order valence-corrected chi connectivity index (χ1v) is 12.5. The number of thiazole rings is 1. The van der Waals surface area contributed by atoms with Crippen LogP contribution in [0.3, 0.4) is 0 Å². The second-order valence-electron chi connectivity index (χ2n) is 9.05.